The molecule has 8 nitrogen and oxygen atoms in total. The maximum atomic E-state index is 12.8. The molecule has 0 aliphatic carbocycles. The first-order valence-electron chi connectivity index (χ1n) is 10.5. The molecule has 33 heavy (non-hydrogen) atoms. The van der Waals surface area contributed by atoms with Gasteiger partial charge in [0.05, 0.1) is 37.2 Å². The zero-order valence-corrected chi connectivity index (χ0v) is 18.1. The Morgan fingerprint density at radius 1 is 1.30 bits per heavy atom. The number of ether oxygens (including phenoxy) is 2. The van der Waals surface area contributed by atoms with Gasteiger partial charge in [-0.3, -0.25) is 9.78 Å². The van der Waals surface area contributed by atoms with E-state index in [2.05, 4.69) is 4.98 Å². The molecule has 4 rings (SSSR count). The third kappa shape index (κ3) is 6.55. The molecule has 0 unspecified atom stereocenters. The van der Waals surface area contributed by atoms with E-state index in [1.807, 2.05) is 53.0 Å². The largest absolute Gasteiger partial charge is 0.490 e. The highest BCUT2D eigenvalue weighted by Gasteiger charge is 2.45. The normalized spacial score (nSPS) is 22.7. The summed E-state index contributed by atoms with van der Waals surface area (Å²) >= 11 is 0. The number of amides is 1. The first-order valence-corrected chi connectivity index (χ1v) is 10.5. The number of hydrogen-bond donors (Lipinski definition) is 1. The zero-order valence-electron chi connectivity index (χ0n) is 18.1. The molecular weight excluding hydrogens is 443 g/mol. The molecule has 2 atom stereocenters. The SMILES string of the molecule is Cn1cccc1C(=O)N1CCC[C@]2(C[C@H](OCc3ccccn3)CO2)C1.O=C(O)C(F)(F)F. The fourth-order valence-corrected chi connectivity index (χ4v) is 4.00. The standard InChI is InChI=1S/C20H25N3O3.C2HF3O2/c1-22-10-4-7-18(22)19(24)23-11-5-8-20(15-23)12-17(14-26-20)25-13-16-6-2-3-9-21-16;3-2(4,5)1(6)7/h2-4,6-7,9-10,17H,5,8,11-15H2,1H3;(H,6,7)/t17-,20-;/m0./s1. The van der Waals surface area contributed by atoms with Crippen molar-refractivity contribution in [1.82, 2.24) is 14.5 Å². The molecule has 0 radical (unpaired) electrons. The lowest BCUT2D eigenvalue weighted by Gasteiger charge is -2.39. The van der Waals surface area contributed by atoms with Crippen LogP contribution in [-0.4, -0.2) is 69.0 Å². The number of hydrogen-bond acceptors (Lipinski definition) is 5. The van der Waals surface area contributed by atoms with Crippen LogP contribution < -0.4 is 0 Å². The summed E-state index contributed by atoms with van der Waals surface area (Å²) < 4.78 is 45.8. The average molecular weight is 469 g/mol. The van der Waals surface area contributed by atoms with Gasteiger partial charge in [0.2, 0.25) is 0 Å². The minimum Gasteiger partial charge on any atom is -0.475 e. The molecule has 2 saturated heterocycles. The van der Waals surface area contributed by atoms with Crippen molar-refractivity contribution in [2.24, 2.45) is 7.05 Å². The molecule has 2 aromatic heterocycles. The van der Waals surface area contributed by atoms with Crippen molar-refractivity contribution in [2.75, 3.05) is 19.7 Å². The Labute approximate surface area is 188 Å². The van der Waals surface area contributed by atoms with Crippen LogP contribution in [0.5, 0.6) is 0 Å². The number of halogens is 3. The Bertz CT molecular complexity index is 950. The predicted octanol–water partition coefficient (Wildman–Crippen LogP) is 3.03. The summed E-state index contributed by atoms with van der Waals surface area (Å²) in [6, 6.07) is 9.61. The van der Waals surface area contributed by atoms with Crippen LogP contribution in [0.3, 0.4) is 0 Å². The number of rotatable bonds is 4. The van der Waals surface area contributed by atoms with Gasteiger partial charge in [-0.25, -0.2) is 4.79 Å². The van der Waals surface area contributed by atoms with E-state index in [9.17, 15) is 18.0 Å². The molecule has 4 heterocycles. The quantitative estimate of drug-likeness (QED) is 0.740. The number of alkyl halides is 3. The fourth-order valence-electron chi connectivity index (χ4n) is 4.00. The summed E-state index contributed by atoms with van der Waals surface area (Å²) in [6.07, 6.45) is 1.43. The third-order valence-corrected chi connectivity index (χ3v) is 5.60. The number of piperidine rings is 1. The molecule has 0 aromatic carbocycles. The van der Waals surface area contributed by atoms with Crippen molar-refractivity contribution in [3.05, 3.63) is 54.1 Å². The molecule has 11 heteroatoms. The predicted molar refractivity (Wildman–Crippen MR) is 110 cm³/mol. The molecule has 1 spiro atoms. The maximum Gasteiger partial charge on any atom is 0.490 e. The van der Waals surface area contributed by atoms with E-state index in [4.69, 9.17) is 19.4 Å². The number of carboxylic acid groups (broad SMARTS) is 1. The van der Waals surface area contributed by atoms with Gasteiger partial charge < -0.3 is 24.0 Å². The number of pyridine rings is 1. The van der Waals surface area contributed by atoms with Gasteiger partial charge in [-0.15, -0.1) is 0 Å². The first kappa shape index (κ1) is 24.7. The molecule has 2 aromatic rings. The van der Waals surface area contributed by atoms with Crippen LogP contribution in [0.1, 0.15) is 35.4 Å². The third-order valence-electron chi connectivity index (χ3n) is 5.60. The summed E-state index contributed by atoms with van der Waals surface area (Å²) in [6.45, 7) is 2.50. The van der Waals surface area contributed by atoms with Gasteiger partial charge in [0.25, 0.3) is 5.91 Å². The molecule has 0 bridgehead atoms. The van der Waals surface area contributed by atoms with Gasteiger partial charge in [0, 0.05) is 32.4 Å². The molecule has 2 fully saturated rings. The number of aromatic nitrogens is 2. The number of carboxylic acids is 1. The number of aliphatic carboxylic acids is 1. The highest BCUT2D eigenvalue weighted by atomic mass is 19.4. The lowest BCUT2D eigenvalue weighted by molar-refractivity contribution is -0.192. The Hall–Kier alpha value is -2.92. The maximum absolute atomic E-state index is 12.8. The van der Waals surface area contributed by atoms with E-state index in [0.717, 1.165) is 37.2 Å². The lowest BCUT2D eigenvalue weighted by atomic mass is 9.89. The van der Waals surface area contributed by atoms with Gasteiger partial charge in [-0.05, 0) is 37.1 Å². The molecule has 1 N–H and O–H groups in total. The van der Waals surface area contributed by atoms with Crippen LogP contribution >= 0.6 is 0 Å². The van der Waals surface area contributed by atoms with E-state index in [-0.39, 0.29) is 17.6 Å². The van der Waals surface area contributed by atoms with Gasteiger partial charge in [-0.2, -0.15) is 13.2 Å². The molecule has 1 amide bonds. The van der Waals surface area contributed by atoms with Gasteiger partial charge >= 0.3 is 12.1 Å². The minimum atomic E-state index is -5.08. The van der Waals surface area contributed by atoms with E-state index in [1.54, 1.807) is 6.20 Å². The lowest BCUT2D eigenvalue weighted by Crippen LogP contribution is -2.50. The average Bonchev–Trinajstić information content (AvgIpc) is 3.38. The van der Waals surface area contributed by atoms with Crippen molar-refractivity contribution >= 4 is 11.9 Å². The number of carbonyl (C=O) groups excluding carboxylic acids is 1. The van der Waals surface area contributed by atoms with Crippen LogP contribution in [0.2, 0.25) is 0 Å². The molecule has 0 saturated carbocycles. The Kier molecular flexibility index (Phi) is 7.75. The topological polar surface area (TPSA) is 93.9 Å². The summed E-state index contributed by atoms with van der Waals surface area (Å²) in [4.78, 5) is 27.9. The summed E-state index contributed by atoms with van der Waals surface area (Å²) in [5.74, 6) is -2.68. The van der Waals surface area contributed by atoms with Gasteiger partial charge in [0.15, 0.2) is 0 Å². The molecule has 180 valence electrons. The molecule has 2 aliphatic heterocycles. The number of likely N-dealkylation sites (tertiary alicyclic amines) is 1. The van der Waals surface area contributed by atoms with E-state index in [0.29, 0.717) is 19.8 Å². The second-order valence-corrected chi connectivity index (χ2v) is 8.09. The Morgan fingerprint density at radius 3 is 2.67 bits per heavy atom. The van der Waals surface area contributed by atoms with Crippen molar-refractivity contribution in [2.45, 2.75) is 43.8 Å². The number of aryl methyl sites for hydroxylation is 1. The smallest absolute Gasteiger partial charge is 0.475 e. The van der Waals surface area contributed by atoms with Crippen molar-refractivity contribution in [3.8, 4) is 0 Å². The minimum absolute atomic E-state index is 0.0575. The van der Waals surface area contributed by atoms with Crippen LogP contribution in [0, 0.1) is 0 Å². The van der Waals surface area contributed by atoms with Crippen molar-refractivity contribution in [3.63, 3.8) is 0 Å². The molecule has 2 aliphatic rings. The van der Waals surface area contributed by atoms with E-state index < -0.39 is 12.1 Å². The van der Waals surface area contributed by atoms with Crippen LogP contribution in [0.15, 0.2) is 42.7 Å². The summed E-state index contributed by atoms with van der Waals surface area (Å²) in [5, 5.41) is 7.12. The fraction of sp³-hybridized carbons (Fsp3) is 0.500. The van der Waals surface area contributed by atoms with Gasteiger partial charge in [0.1, 0.15) is 5.69 Å². The number of nitrogens with zero attached hydrogens (tertiary/aromatic N) is 3. The van der Waals surface area contributed by atoms with E-state index >= 15 is 0 Å². The van der Waals surface area contributed by atoms with Gasteiger partial charge in [-0.1, -0.05) is 6.07 Å². The van der Waals surface area contributed by atoms with Crippen molar-refractivity contribution in [1.29, 1.82) is 0 Å². The van der Waals surface area contributed by atoms with Crippen LogP contribution in [0.4, 0.5) is 13.2 Å². The Morgan fingerprint density at radius 2 is 2.06 bits per heavy atom. The second-order valence-electron chi connectivity index (χ2n) is 8.09. The van der Waals surface area contributed by atoms with Crippen LogP contribution in [-0.2, 0) is 27.9 Å². The first-order chi connectivity index (χ1) is 15.6. The Balaban J connectivity index is 0.000000383. The summed E-state index contributed by atoms with van der Waals surface area (Å²) in [5.41, 5.74) is 1.38. The second kappa shape index (κ2) is 10.3. The monoisotopic (exact) mass is 469 g/mol. The zero-order chi connectivity index (χ0) is 24.1. The number of carbonyl (C=O) groups is 2. The van der Waals surface area contributed by atoms with E-state index in [1.165, 1.54) is 0 Å². The van der Waals surface area contributed by atoms with Crippen molar-refractivity contribution < 1.29 is 37.3 Å². The summed E-state index contributed by atoms with van der Waals surface area (Å²) in [7, 11) is 1.90. The van der Waals surface area contributed by atoms with Crippen LogP contribution in [0.25, 0.3) is 0 Å². The highest BCUT2D eigenvalue weighted by Crippen LogP contribution is 2.36. The highest BCUT2D eigenvalue weighted by molar-refractivity contribution is 5.92. The molecular formula is C22H26F3N3O5.